The largest absolute Gasteiger partial charge is 0.393 e. The third-order valence-corrected chi connectivity index (χ3v) is 8.96. The van der Waals surface area contributed by atoms with Gasteiger partial charge in [0.15, 0.2) is 0 Å². The Morgan fingerprint density at radius 3 is 2.59 bits per heavy atom. The molecule has 0 bridgehead atoms. The average molecular weight is 414 g/mol. The highest BCUT2D eigenvalue weighted by atomic mass is 127. The fourth-order valence-corrected chi connectivity index (χ4v) is 7.79. The van der Waals surface area contributed by atoms with Crippen molar-refractivity contribution >= 4 is 28.4 Å². The van der Waals surface area contributed by atoms with Crippen LogP contribution in [0.25, 0.3) is 0 Å². The summed E-state index contributed by atoms with van der Waals surface area (Å²) >= 11 is 2.61. The van der Waals surface area contributed by atoms with Crippen LogP contribution in [-0.4, -0.2) is 20.9 Å². The van der Waals surface area contributed by atoms with E-state index in [4.69, 9.17) is 0 Å². The van der Waals surface area contributed by atoms with E-state index in [9.17, 15) is 9.90 Å². The van der Waals surface area contributed by atoms with Gasteiger partial charge in [-0.05, 0) is 61.7 Å². The molecule has 7 atom stereocenters. The van der Waals surface area contributed by atoms with Crippen molar-refractivity contribution in [3.05, 3.63) is 11.6 Å². The number of hydrogen-bond donors (Lipinski definition) is 1. The zero-order valence-corrected chi connectivity index (χ0v) is 15.8. The highest BCUT2D eigenvalue weighted by molar-refractivity contribution is 14.1. The summed E-state index contributed by atoms with van der Waals surface area (Å²) in [6.45, 7) is 4.70. The van der Waals surface area contributed by atoms with Crippen LogP contribution in [0.2, 0.25) is 0 Å². The van der Waals surface area contributed by atoms with Crippen LogP contribution < -0.4 is 0 Å². The molecule has 0 heterocycles. The Morgan fingerprint density at radius 2 is 1.82 bits per heavy atom. The van der Waals surface area contributed by atoms with Crippen LogP contribution in [0.4, 0.5) is 0 Å². The van der Waals surface area contributed by atoms with Gasteiger partial charge in [-0.1, -0.05) is 48.1 Å². The standard InChI is InChI=1S/C19H27IO2/c1-18-7-5-12(21)9-11(18)10-15(20)17-13-3-4-16(22)19(13,2)8-6-14(17)18/h10,12-15,17,21H,3-9H2,1-2H3/t12-,13-,14-,15?,17-,18-,19-/m0/s1. The predicted octanol–water partition coefficient (Wildman–Crippen LogP) is 4.29. The molecule has 1 N–H and O–H groups in total. The van der Waals surface area contributed by atoms with Gasteiger partial charge >= 0.3 is 0 Å². The van der Waals surface area contributed by atoms with Crippen molar-refractivity contribution in [3.63, 3.8) is 0 Å². The Labute approximate surface area is 147 Å². The number of aliphatic hydroxyl groups excluding tert-OH is 1. The van der Waals surface area contributed by atoms with Crippen molar-refractivity contribution in [2.24, 2.45) is 28.6 Å². The van der Waals surface area contributed by atoms with E-state index in [-0.39, 0.29) is 16.9 Å². The fraction of sp³-hybridized carbons (Fsp3) is 0.842. The van der Waals surface area contributed by atoms with E-state index in [0.717, 1.165) is 38.5 Å². The zero-order chi connectivity index (χ0) is 15.7. The lowest BCUT2D eigenvalue weighted by molar-refractivity contribution is -0.131. The molecule has 0 saturated heterocycles. The molecule has 3 saturated carbocycles. The van der Waals surface area contributed by atoms with Gasteiger partial charge < -0.3 is 5.11 Å². The van der Waals surface area contributed by atoms with E-state index < -0.39 is 0 Å². The normalized spacial score (nSPS) is 54.3. The highest BCUT2D eigenvalue weighted by Crippen LogP contribution is 2.64. The summed E-state index contributed by atoms with van der Waals surface area (Å²) in [5.74, 6) is 2.49. The Kier molecular flexibility index (Phi) is 3.58. The average Bonchev–Trinajstić information content (AvgIpc) is 2.77. The molecule has 22 heavy (non-hydrogen) atoms. The molecule has 3 fully saturated rings. The van der Waals surface area contributed by atoms with Gasteiger partial charge in [-0.25, -0.2) is 0 Å². The summed E-state index contributed by atoms with van der Waals surface area (Å²) in [7, 11) is 0. The molecule has 0 amide bonds. The first kappa shape index (κ1) is 15.6. The van der Waals surface area contributed by atoms with Gasteiger partial charge in [0.1, 0.15) is 5.78 Å². The number of aliphatic hydroxyl groups is 1. The number of alkyl halides is 1. The van der Waals surface area contributed by atoms with Crippen molar-refractivity contribution in [3.8, 4) is 0 Å². The molecule has 0 aromatic heterocycles. The lowest BCUT2D eigenvalue weighted by atomic mass is 9.48. The molecule has 0 aromatic carbocycles. The second-order valence-corrected chi connectivity index (χ2v) is 10.1. The number of halogens is 1. The topological polar surface area (TPSA) is 37.3 Å². The van der Waals surface area contributed by atoms with Crippen LogP contribution in [0.3, 0.4) is 0 Å². The number of allylic oxidation sites excluding steroid dienone is 1. The number of carbonyl (C=O) groups is 1. The van der Waals surface area contributed by atoms with Gasteiger partial charge in [0.25, 0.3) is 0 Å². The van der Waals surface area contributed by atoms with E-state index >= 15 is 0 Å². The predicted molar refractivity (Wildman–Crippen MR) is 95.9 cm³/mol. The monoisotopic (exact) mass is 414 g/mol. The van der Waals surface area contributed by atoms with Crippen molar-refractivity contribution < 1.29 is 9.90 Å². The molecule has 4 aliphatic rings. The molecule has 0 aromatic rings. The number of hydrogen-bond acceptors (Lipinski definition) is 2. The van der Waals surface area contributed by atoms with Gasteiger partial charge in [-0.15, -0.1) is 0 Å². The first-order valence-electron chi connectivity index (χ1n) is 8.93. The number of carbonyl (C=O) groups excluding carboxylic acids is 1. The molecule has 0 radical (unpaired) electrons. The van der Waals surface area contributed by atoms with Crippen molar-refractivity contribution in [1.29, 1.82) is 0 Å². The van der Waals surface area contributed by atoms with Crippen LogP contribution in [0.5, 0.6) is 0 Å². The molecule has 122 valence electrons. The summed E-state index contributed by atoms with van der Waals surface area (Å²) in [5, 5.41) is 10.1. The lowest BCUT2D eigenvalue weighted by Crippen LogP contribution is -2.53. The van der Waals surface area contributed by atoms with Crippen molar-refractivity contribution in [2.75, 3.05) is 0 Å². The van der Waals surface area contributed by atoms with E-state index in [1.165, 1.54) is 12.0 Å². The van der Waals surface area contributed by atoms with E-state index in [0.29, 0.717) is 27.5 Å². The maximum absolute atomic E-state index is 12.5. The summed E-state index contributed by atoms with van der Waals surface area (Å²) in [5.41, 5.74) is 1.75. The lowest BCUT2D eigenvalue weighted by Gasteiger charge is -2.58. The Bertz CT molecular complexity index is 542. The quantitative estimate of drug-likeness (QED) is 0.365. The van der Waals surface area contributed by atoms with Crippen molar-refractivity contribution in [1.82, 2.24) is 0 Å². The number of Topliss-reactive ketones (excluding diaryl/α,β-unsaturated/α-hetero) is 1. The van der Waals surface area contributed by atoms with Gasteiger partial charge in [0.2, 0.25) is 0 Å². The van der Waals surface area contributed by atoms with Gasteiger partial charge in [0, 0.05) is 15.8 Å². The van der Waals surface area contributed by atoms with Crippen LogP contribution in [0.1, 0.15) is 58.8 Å². The summed E-state index contributed by atoms with van der Waals surface area (Å²) < 4.78 is 0.534. The Hall–Kier alpha value is 0.1000. The van der Waals surface area contributed by atoms with Gasteiger partial charge in [-0.2, -0.15) is 0 Å². The van der Waals surface area contributed by atoms with Gasteiger partial charge in [0.05, 0.1) is 6.10 Å². The molecular formula is C19H27IO2. The molecule has 1 unspecified atom stereocenters. The SMILES string of the molecule is C[C@]12CC[C@H](O)CC1=CC(I)[C@@H]1[C@@H]2CC[C@]2(C)C(=O)CC[C@@H]12. The van der Waals surface area contributed by atoms with E-state index in [1.807, 2.05) is 0 Å². The zero-order valence-electron chi connectivity index (χ0n) is 13.6. The van der Waals surface area contributed by atoms with Crippen LogP contribution in [0, 0.1) is 28.6 Å². The maximum atomic E-state index is 12.5. The second kappa shape index (κ2) is 5.05. The Morgan fingerprint density at radius 1 is 1.14 bits per heavy atom. The smallest absolute Gasteiger partial charge is 0.139 e. The molecule has 0 spiro atoms. The van der Waals surface area contributed by atoms with Crippen molar-refractivity contribution in [2.45, 2.75) is 68.8 Å². The molecule has 0 aliphatic heterocycles. The summed E-state index contributed by atoms with van der Waals surface area (Å²) in [6, 6.07) is 0. The van der Waals surface area contributed by atoms with Gasteiger partial charge in [-0.3, -0.25) is 4.79 Å². The molecule has 4 aliphatic carbocycles. The maximum Gasteiger partial charge on any atom is 0.139 e. The van der Waals surface area contributed by atoms with Crippen LogP contribution in [-0.2, 0) is 4.79 Å². The number of fused-ring (bicyclic) bond motifs is 5. The summed E-state index contributed by atoms with van der Waals surface area (Å²) in [6.07, 6.45) is 9.49. The fourth-order valence-electron chi connectivity index (χ4n) is 6.36. The minimum absolute atomic E-state index is 0.0412. The minimum Gasteiger partial charge on any atom is -0.393 e. The van der Waals surface area contributed by atoms with E-state index in [2.05, 4.69) is 42.5 Å². The highest BCUT2D eigenvalue weighted by Gasteiger charge is 2.60. The summed E-state index contributed by atoms with van der Waals surface area (Å²) in [4.78, 5) is 12.5. The first-order valence-corrected chi connectivity index (χ1v) is 10.2. The van der Waals surface area contributed by atoms with Crippen LogP contribution in [0.15, 0.2) is 11.6 Å². The Balaban J connectivity index is 1.75. The molecule has 4 rings (SSSR count). The number of rotatable bonds is 0. The molecule has 3 heteroatoms. The third-order valence-electron chi connectivity index (χ3n) is 7.77. The third kappa shape index (κ3) is 1.96. The number of ketones is 1. The molecule has 2 nitrogen and oxygen atoms in total. The second-order valence-electron chi connectivity index (χ2n) is 8.66. The first-order chi connectivity index (χ1) is 10.4. The van der Waals surface area contributed by atoms with E-state index in [1.54, 1.807) is 0 Å². The van der Waals surface area contributed by atoms with Crippen LogP contribution >= 0.6 is 22.6 Å². The molecular weight excluding hydrogens is 387 g/mol. The minimum atomic E-state index is -0.138.